The monoisotopic (exact) mass is 241 g/mol. The van der Waals surface area contributed by atoms with Crippen LogP contribution in [0.15, 0.2) is 54.6 Å². The molecule has 0 atom stereocenters. The van der Waals surface area contributed by atoms with Gasteiger partial charge in [-0.3, -0.25) is 0 Å². The maximum absolute atomic E-state index is 10.9. The lowest BCUT2D eigenvalue weighted by atomic mass is 10.1. The lowest BCUT2D eigenvalue weighted by Gasteiger charge is -2.11. The third-order valence-corrected chi connectivity index (χ3v) is 2.60. The molecule has 0 saturated heterocycles. The fraction of sp³-hybridized carbons (Fsp3) is 0.133. The van der Waals surface area contributed by atoms with Crippen LogP contribution < -0.4 is 9.84 Å². The van der Waals surface area contributed by atoms with E-state index < -0.39 is 5.97 Å². The number of hydrogen-bond acceptors (Lipinski definition) is 3. The summed E-state index contributed by atoms with van der Waals surface area (Å²) >= 11 is 0. The molecule has 2 aromatic carbocycles. The van der Waals surface area contributed by atoms with Crippen LogP contribution in [-0.4, -0.2) is 12.6 Å². The molecule has 0 aliphatic heterocycles. The highest BCUT2D eigenvalue weighted by molar-refractivity contribution is 5.89. The van der Waals surface area contributed by atoms with E-state index in [9.17, 15) is 9.90 Å². The molecule has 2 rings (SSSR count). The van der Waals surface area contributed by atoms with Gasteiger partial charge >= 0.3 is 0 Å². The van der Waals surface area contributed by atoms with Gasteiger partial charge in [-0.2, -0.15) is 0 Å². The van der Waals surface area contributed by atoms with E-state index in [0.717, 1.165) is 12.0 Å². The zero-order valence-electron chi connectivity index (χ0n) is 9.84. The molecular formula is C15H13O3-. The van der Waals surface area contributed by atoms with Crippen molar-refractivity contribution >= 4 is 5.97 Å². The summed E-state index contributed by atoms with van der Waals surface area (Å²) in [6, 6.07) is 16.4. The smallest absolute Gasteiger partial charge is 0.128 e. The van der Waals surface area contributed by atoms with E-state index in [1.165, 1.54) is 6.07 Å². The first kappa shape index (κ1) is 12.2. The van der Waals surface area contributed by atoms with E-state index in [2.05, 4.69) is 0 Å². The Hall–Kier alpha value is -2.29. The quantitative estimate of drug-likeness (QED) is 0.800. The summed E-state index contributed by atoms with van der Waals surface area (Å²) in [5, 5.41) is 10.9. The van der Waals surface area contributed by atoms with Crippen LogP contribution in [0.1, 0.15) is 15.9 Å². The molecule has 0 aliphatic rings. The Bertz CT molecular complexity index is 520. The number of benzene rings is 2. The summed E-state index contributed by atoms with van der Waals surface area (Å²) in [5.41, 5.74) is 1.24. The van der Waals surface area contributed by atoms with E-state index in [4.69, 9.17) is 4.74 Å². The van der Waals surface area contributed by atoms with E-state index in [1.54, 1.807) is 18.2 Å². The number of ether oxygens (including phenoxy) is 1. The van der Waals surface area contributed by atoms with Crippen molar-refractivity contribution in [2.75, 3.05) is 6.61 Å². The maximum atomic E-state index is 10.9. The van der Waals surface area contributed by atoms with Gasteiger partial charge in [-0.15, -0.1) is 0 Å². The van der Waals surface area contributed by atoms with E-state index in [1.807, 2.05) is 30.3 Å². The summed E-state index contributed by atoms with van der Waals surface area (Å²) in [7, 11) is 0. The van der Waals surface area contributed by atoms with Crippen molar-refractivity contribution in [1.82, 2.24) is 0 Å². The molecule has 0 saturated carbocycles. The molecule has 0 unspecified atom stereocenters. The summed E-state index contributed by atoms with van der Waals surface area (Å²) < 4.78 is 5.48. The normalized spacial score (nSPS) is 10.0. The van der Waals surface area contributed by atoms with Crippen molar-refractivity contribution < 1.29 is 14.6 Å². The molecule has 0 fully saturated rings. The van der Waals surface area contributed by atoms with Gasteiger partial charge in [0.25, 0.3) is 0 Å². The van der Waals surface area contributed by atoms with Gasteiger partial charge in [0.15, 0.2) is 0 Å². The van der Waals surface area contributed by atoms with Crippen molar-refractivity contribution in [3.63, 3.8) is 0 Å². The molecule has 0 aliphatic carbocycles. The van der Waals surface area contributed by atoms with Gasteiger partial charge in [-0.05, 0) is 17.7 Å². The number of carbonyl (C=O) groups excluding carboxylic acids is 1. The molecular weight excluding hydrogens is 228 g/mol. The predicted molar refractivity (Wildman–Crippen MR) is 66.4 cm³/mol. The minimum Gasteiger partial charge on any atom is -0.545 e. The Labute approximate surface area is 106 Å². The SMILES string of the molecule is O=C([O-])c1ccccc1OCCc1ccccc1. The Morgan fingerprint density at radius 3 is 2.39 bits per heavy atom. The summed E-state index contributed by atoms with van der Waals surface area (Å²) in [6.45, 7) is 0.439. The number of aromatic carboxylic acids is 1. The van der Waals surface area contributed by atoms with E-state index >= 15 is 0 Å². The highest BCUT2D eigenvalue weighted by atomic mass is 16.5. The number of para-hydroxylation sites is 1. The Morgan fingerprint density at radius 1 is 1.00 bits per heavy atom. The van der Waals surface area contributed by atoms with Crippen LogP contribution in [0.4, 0.5) is 0 Å². The molecule has 0 bridgehead atoms. The predicted octanol–water partition coefficient (Wildman–Crippen LogP) is 1.67. The number of carboxylic acids is 1. The van der Waals surface area contributed by atoms with Crippen molar-refractivity contribution in [3.8, 4) is 5.75 Å². The number of carboxylic acid groups (broad SMARTS) is 1. The number of rotatable bonds is 5. The largest absolute Gasteiger partial charge is 0.545 e. The zero-order chi connectivity index (χ0) is 12.8. The highest BCUT2D eigenvalue weighted by Crippen LogP contribution is 2.17. The number of hydrogen-bond donors (Lipinski definition) is 0. The van der Waals surface area contributed by atoms with Gasteiger partial charge in [-0.25, -0.2) is 0 Å². The molecule has 0 spiro atoms. The third-order valence-electron chi connectivity index (χ3n) is 2.60. The van der Waals surface area contributed by atoms with Gasteiger partial charge in [-0.1, -0.05) is 42.5 Å². The van der Waals surface area contributed by atoms with Gasteiger partial charge in [0.05, 0.1) is 12.6 Å². The highest BCUT2D eigenvalue weighted by Gasteiger charge is 2.03. The molecule has 2 aromatic rings. The van der Waals surface area contributed by atoms with Crippen LogP contribution in [-0.2, 0) is 6.42 Å². The average molecular weight is 241 g/mol. The standard InChI is InChI=1S/C15H14O3/c16-15(17)13-8-4-5-9-14(13)18-11-10-12-6-2-1-3-7-12/h1-9H,10-11H2,(H,16,17)/p-1. The molecule has 0 amide bonds. The van der Waals surface area contributed by atoms with Crippen LogP contribution in [0, 0.1) is 0 Å². The van der Waals surface area contributed by atoms with E-state index in [0.29, 0.717) is 12.4 Å². The molecule has 3 nitrogen and oxygen atoms in total. The van der Waals surface area contributed by atoms with Crippen LogP contribution in [0.5, 0.6) is 5.75 Å². The van der Waals surface area contributed by atoms with Gasteiger partial charge in [0, 0.05) is 12.0 Å². The van der Waals surface area contributed by atoms with Crippen LogP contribution in [0.2, 0.25) is 0 Å². The van der Waals surface area contributed by atoms with Crippen LogP contribution >= 0.6 is 0 Å². The zero-order valence-corrected chi connectivity index (χ0v) is 9.84. The van der Waals surface area contributed by atoms with Gasteiger partial charge in [0.1, 0.15) is 5.75 Å². The fourth-order valence-electron chi connectivity index (χ4n) is 1.68. The molecule has 92 valence electrons. The Kier molecular flexibility index (Phi) is 3.97. The third kappa shape index (κ3) is 3.10. The van der Waals surface area contributed by atoms with Gasteiger partial charge < -0.3 is 14.6 Å². The summed E-state index contributed by atoms with van der Waals surface area (Å²) in [6.07, 6.45) is 0.738. The average Bonchev–Trinajstić information content (AvgIpc) is 2.40. The van der Waals surface area contributed by atoms with Crippen LogP contribution in [0.3, 0.4) is 0 Å². The second kappa shape index (κ2) is 5.87. The molecule has 0 N–H and O–H groups in total. The first-order valence-corrected chi connectivity index (χ1v) is 5.74. The molecule has 0 heterocycles. The van der Waals surface area contributed by atoms with Gasteiger partial charge in [0.2, 0.25) is 0 Å². The summed E-state index contributed by atoms with van der Waals surface area (Å²) in [4.78, 5) is 10.9. The first-order chi connectivity index (χ1) is 8.77. The van der Waals surface area contributed by atoms with E-state index in [-0.39, 0.29) is 5.56 Å². The Balaban J connectivity index is 1.97. The second-order valence-electron chi connectivity index (χ2n) is 3.87. The molecule has 18 heavy (non-hydrogen) atoms. The first-order valence-electron chi connectivity index (χ1n) is 5.74. The number of carbonyl (C=O) groups is 1. The lowest BCUT2D eigenvalue weighted by molar-refractivity contribution is -0.255. The van der Waals surface area contributed by atoms with Crippen molar-refractivity contribution in [3.05, 3.63) is 65.7 Å². The van der Waals surface area contributed by atoms with Crippen LogP contribution in [0.25, 0.3) is 0 Å². The molecule has 0 radical (unpaired) electrons. The summed E-state index contributed by atoms with van der Waals surface area (Å²) in [5.74, 6) is -0.862. The van der Waals surface area contributed by atoms with Crippen molar-refractivity contribution in [2.45, 2.75) is 6.42 Å². The molecule has 3 heteroatoms. The molecule has 0 aromatic heterocycles. The minimum absolute atomic E-state index is 0.0885. The second-order valence-corrected chi connectivity index (χ2v) is 3.87. The Morgan fingerprint density at radius 2 is 1.67 bits per heavy atom. The fourth-order valence-corrected chi connectivity index (χ4v) is 1.68. The topological polar surface area (TPSA) is 49.4 Å². The lowest BCUT2D eigenvalue weighted by Crippen LogP contribution is -2.23. The van der Waals surface area contributed by atoms with Crippen molar-refractivity contribution in [1.29, 1.82) is 0 Å². The maximum Gasteiger partial charge on any atom is 0.128 e. The minimum atomic E-state index is -1.22. The van der Waals surface area contributed by atoms with Crippen molar-refractivity contribution in [2.24, 2.45) is 0 Å².